The molecule has 2 heterocycles. The van der Waals surface area contributed by atoms with Crippen molar-refractivity contribution in [1.82, 2.24) is 0 Å². The molecule has 0 aromatic heterocycles. The molecule has 2 aliphatic heterocycles. The molecule has 0 unspecified atom stereocenters. The van der Waals surface area contributed by atoms with Crippen LogP contribution in [0.15, 0.2) is 30.3 Å². The summed E-state index contributed by atoms with van der Waals surface area (Å²) < 4.78 is 11.6. The summed E-state index contributed by atoms with van der Waals surface area (Å²) in [7, 11) is 0. The van der Waals surface area contributed by atoms with Crippen molar-refractivity contribution in [2.75, 3.05) is 0 Å². The summed E-state index contributed by atoms with van der Waals surface area (Å²) >= 11 is 0. The highest BCUT2D eigenvalue weighted by atomic mass is 16.6. The molecule has 4 atom stereocenters. The van der Waals surface area contributed by atoms with Crippen molar-refractivity contribution in [3.63, 3.8) is 0 Å². The van der Waals surface area contributed by atoms with Gasteiger partial charge in [0.25, 0.3) is 5.69 Å². The lowest BCUT2D eigenvalue weighted by molar-refractivity contribution is -0.385. The van der Waals surface area contributed by atoms with Crippen LogP contribution in [0.4, 0.5) is 5.69 Å². The third-order valence-corrected chi connectivity index (χ3v) is 5.02. The van der Waals surface area contributed by atoms with Gasteiger partial charge >= 0.3 is 0 Å². The van der Waals surface area contributed by atoms with E-state index in [-0.39, 0.29) is 35.0 Å². The molecule has 4 aliphatic rings. The fourth-order valence-electron chi connectivity index (χ4n) is 4.09. The fraction of sp³-hybridized carbons (Fsp3) is 0.250. The first-order valence-electron chi connectivity index (χ1n) is 7.01. The second-order valence-electron chi connectivity index (χ2n) is 5.99. The third kappa shape index (κ3) is 1.05. The van der Waals surface area contributed by atoms with Gasteiger partial charge in [-0.2, -0.15) is 0 Å². The van der Waals surface area contributed by atoms with E-state index in [1.807, 2.05) is 12.1 Å². The monoisotopic (exact) mass is 279 g/mol. The number of nitro groups is 1. The molecule has 21 heavy (non-hydrogen) atoms. The number of nitro benzene ring substituents is 1. The number of epoxide rings is 2. The van der Waals surface area contributed by atoms with Gasteiger partial charge in [-0.05, 0) is 28.3 Å². The fourth-order valence-corrected chi connectivity index (χ4v) is 4.09. The summed E-state index contributed by atoms with van der Waals surface area (Å²) in [5.41, 5.74) is 6.41. The number of nitrogens with zero attached hydrogens (tertiary/aromatic N) is 1. The number of rotatable bonds is 1. The van der Waals surface area contributed by atoms with Crippen LogP contribution in [-0.2, 0) is 9.47 Å². The zero-order valence-electron chi connectivity index (χ0n) is 10.8. The predicted octanol–water partition coefficient (Wildman–Crippen LogP) is 3.51. The van der Waals surface area contributed by atoms with Crippen LogP contribution in [0.2, 0.25) is 0 Å². The number of ether oxygens (including phenoxy) is 2. The normalized spacial score (nSPS) is 31.8. The van der Waals surface area contributed by atoms with Gasteiger partial charge in [0, 0.05) is 11.6 Å². The first-order chi connectivity index (χ1) is 10.3. The summed E-state index contributed by atoms with van der Waals surface area (Å²) in [4.78, 5) is 11.1. The molecule has 0 amide bonds. The van der Waals surface area contributed by atoms with Gasteiger partial charge in [-0.25, -0.2) is 0 Å². The molecule has 6 rings (SSSR count). The Morgan fingerprint density at radius 2 is 1.48 bits per heavy atom. The van der Waals surface area contributed by atoms with E-state index in [1.165, 1.54) is 0 Å². The second-order valence-corrected chi connectivity index (χ2v) is 5.99. The summed E-state index contributed by atoms with van der Waals surface area (Å²) in [5, 5.41) is 11.4. The van der Waals surface area contributed by atoms with Crippen molar-refractivity contribution in [2.45, 2.75) is 24.4 Å². The molecule has 0 bridgehead atoms. The summed E-state index contributed by atoms with van der Waals surface area (Å²) in [6.07, 6.45) is -0.0373. The molecule has 2 aromatic carbocycles. The minimum atomic E-state index is -0.304. The highest BCUT2D eigenvalue weighted by Gasteiger charge is 2.57. The third-order valence-electron chi connectivity index (χ3n) is 5.02. The van der Waals surface area contributed by atoms with Gasteiger partial charge in [0.1, 0.15) is 24.4 Å². The number of benzene rings is 2. The van der Waals surface area contributed by atoms with Gasteiger partial charge in [0.2, 0.25) is 0 Å². The van der Waals surface area contributed by atoms with Crippen molar-refractivity contribution in [3.8, 4) is 11.1 Å². The zero-order valence-corrected chi connectivity index (χ0v) is 10.8. The maximum Gasteiger partial charge on any atom is 0.275 e. The molecular weight excluding hydrogens is 270 g/mol. The average Bonchev–Trinajstić information content (AvgIpc) is 3.36. The van der Waals surface area contributed by atoms with Crippen molar-refractivity contribution in [2.24, 2.45) is 0 Å². The molecule has 5 nitrogen and oxygen atoms in total. The van der Waals surface area contributed by atoms with Crippen LogP contribution in [0.1, 0.15) is 46.7 Å². The smallest absolute Gasteiger partial charge is 0.275 e. The van der Waals surface area contributed by atoms with Crippen LogP contribution in [0, 0.1) is 10.1 Å². The number of hydrogen-bond donors (Lipinski definition) is 0. The molecule has 2 aliphatic carbocycles. The number of hydrogen-bond acceptors (Lipinski definition) is 4. The maximum atomic E-state index is 11.4. The van der Waals surface area contributed by atoms with Crippen LogP contribution in [-0.4, -0.2) is 4.92 Å². The van der Waals surface area contributed by atoms with Gasteiger partial charge in [-0.1, -0.05) is 18.2 Å². The summed E-state index contributed by atoms with van der Waals surface area (Å²) in [5.74, 6) is 0. The maximum absolute atomic E-state index is 11.4. The van der Waals surface area contributed by atoms with E-state index in [1.54, 1.807) is 6.07 Å². The van der Waals surface area contributed by atoms with Gasteiger partial charge in [-0.3, -0.25) is 10.1 Å². The molecule has 0 radical (unpaired) electrons. The SMILES string of the molecule is O=[N+]([O-])c1ccc2c3c1[C@@H]1O[C@@H]1c1cccc(c1-3)[C@@H]1O[C@H]21. The van der Waals surface area contributed by atoms with Crippen molar-refractivity contribution >= 4 is 5.69 Å². The Balaban J connectivity index is 1.81. The Labute approximate surface area is 119 Å². The lowest BCUT2D eigenvalue weighted by Crippen LogP contribution is -2.11. The Morgan fingerprint density at radius 3 is 2.19 bits per heavy atom. The first-order valence-corrected chi connectivity index (χ1v) is 7.01. The predicted molar refractivity (Wildman–Crippen MR) is 71.7 cm³/mol. The van der Waals surface area contributed by atoms with Crippen molar-refractivity contribution in [3.05, 3.63) is 62.7 Å². The van der Waals surface area contributed by atoms with Gasteiger partial charge < -0.3 is 9.47 Å². The molecule has 2 saturated heterocycles. The molecule has 0 saturated carbocycles. The Hall–Kier alpha value is -2.24. The van der Waals surface area contributed by atoms with E-state index in [2.05, 4.69) is 12.1 Å². The van der Waals surface area contributed by atoms with Crippen molar-refractivity contribution < 1.29 is 14.4 Å². The Bertz CT molecular complexity index is 861. The average molecular weight is 279 g/mol. The topological polar surface area (TPSA) is 68.2 Å². The number of fused-ring (bicyclic) bond motifs is 6. The molecule has 2 aromatic rings. The minimum absolute atomic E-state index is 0.0308. The van der Waals surface area contributed by atoms with E-state index in [0.29, 0.717) is 0 Å². The van der Waals surface area contributed by atoms with Crippen LogP contribution in [0.3, 0.4) is 0 Å². The van der Waals surface area contributed by atoms with E-state index in [4.69, 9.17) is 9.47 Å². The van der Waals surface area contributed by atoms with Gasteiger partial charge in [0.05, 0.1) is 10.5 Å². The molecule has 102 valence electrons. The standard InChI is InChI=1S/C16H9NO4/c18-17(19)9-5-4-8-11-10-6(13-14(8)20-13)2-1-3-7(10)15-16(21-15)12(9)11/h1-5,13-16H/t13-,14+,15+,16-/m0/s1. The molecule has 2 fully saturated rings. The van der Waals surface area contributed by atoms with Gasteiger partial charge in [-0.15, -0.1) is 0 Å². The largest absolute Gasteiger partial charge is 0.359 e. The Morgan fingerprint density at radius 1 is 0.857 bits per heavy atom. The zero-order chi connectivity index (χ0) is 13.9. The van der Waals surface area contributed by atoms with Crippen molar-refractivity contribution in [1.29, 1.82) is 0 Å². The molecule has 5 heteroatoms. The molecular formula is C16H9NO4. The first kappa shape index (κ1) is 10.5. The van der Waals surface area contributed by atoms with E-state index in [0.717, 1.165) is 33.4 Å². The summed E-state index contributed by atoms with van der Waals surface area (Å²) in [6.45, 7) is 0. The molecule has 0 spiro atoms. The second kappa shape index (κ2) is 3.00. The van der Waals surface area contributed by atoms with E-state index < -0.39 is 0 Å². The lowest BCUT2D eigenvalue weighted by atomic mass is 9.75. The lowest BCUT2D eigenvalue weighted by Gasteiger charge is -2.24. The van der Waals surface area contributed by atoms with Crippen LogP contribution < -0.4 is 0 Å². The highest BCUT2D eigenvalue weighted by molar-refractivity contribution is 5.87. The molecule has 0 N–H and O–H groups in total. The van der Waals surface area contributed by atoms with Crippen LogP contribution in [0.5, 0.6) is 0 Å². The summed E-state index contributed by atoms with van der Waals surface area (Å²) in [6, 6.07) is 9.61. The van der Waals surface area contributed by atoms with E-state index in [9.17, 15) is 10.1 Å². The van der Waals surface area contributed by atoms with Crippen LogP contribution >= 0.6 is 0 Å². The quantitative estimate of drug-likeness (QED) is 0.455. The highest BCUT2D eigenvalue weighted by Crippen LogP contribution is 2.69. The minimum Gasteiger partial charge on any atom is -0.359 e. The van der Waals surface area contributed by atoms with Gasteiger partial charge in [0.15, 0.2) is 0 Å². The van der Waals surface area contributed by atoms with Crippen LogP contribution in [0.25, 0.3) is 11.1 Å². The Kier molecular flexibility index (Phi) is 1.50. The van der Waals surface area contributed by atoms with E-state index >= 15 is 0 Å².